The molecule has 6 nitrogen and oxygen atoms in total. The van der Waals surface area contributed by atoms with Crippen LogP contribution in [0, 0.1) is 13.8 Å². The maximum atomic E-state index is 12.1. The molecule has 1 aromatic carbocycles. The molecule has 3 rings (SSSR count). The van der Waals surface area contributed by atoms with Gasteiger partial charge in [0.05, 0.1) is 16.7 Å². The Kier molecular flexibility index (Phi) is 3.43. The van der Waals surface area contributed by atoms with E-state index >= 15 is 0 Å². The quantitative estimate of drug-likeness (QED) is 0.798. The maximum Gasteiger partial charge on any atom is 0.239 e. The number of hydrogen-bond donors (Lipinski definition) is 1. The van der Waals surface area contributed by atoms with E-state index in [0.29, 0.717) is 12.8 Å². The van der Waals surface area contributed by atoms with Gasteiger partial charge in [-0.25, -0.2) is 9.66 Å². The second kappa shape index (κ2) is 5.40. The molecule has 0 saturated heterocycles. The van der Waals surface area contributed by atoms with Crippen LogP contribution in [0.4, 0.5) is 0 Å². The van der Waals surface area contributed by atoms with E-state index in [9.17, 15) is 4.79 Å². The molecule has 0 fully saturated rings. The number of fused-ring (bicyclic) bond motifs is 1. The Balaban J connectivity index is 1.67. The molecule has 0 unspecified atom stereocenters. The summed E-state index contributed by atoms with van der Waals surface area (Å²) in [6.45, 7) is 3.74. The van der Waals surface area contributed by atoms with E-state index in [1.54, 1.807) is 11.0 Å². The van der Waals surface area contributed by atoms with Crippen LogP contribution in [0.5, 0.6) is 0 Å². The Hall–Kier alpha value is -2.63. The van der Waals surface area contributed by atoms with Crippen LogP contribution in [0.1, 0.15) is 23.4 Å². The van der Waals surface area contributed by atoms with Gasteiger partial charge in [-0.15, -0.1) is 0 Å². The predicted octanol–water partition coefficient (Wildman–Crippen LogP) is 2.34. The molecular weight excluding hydrogens is 268 g/mol. The van der Waals surface area contributed by atoms with Crippen molar-refractivity contribution in [2.75, 3.05) is 5.43 Å². The van der Waals surface area contributed by atoms with Crippen molar-refractivity contribution in [3.63, 3.8) is 0 Å². The Morgan fingerprint density at radius 2 is 2.14 bits per heavy atom. The molecule has 0 aliphatic carbocycles. The monoisotopic (exact) mass is 284 g/mol. The first-order chi connectivity index (χ1) is 10.1. The number of rotatable bonds is 4. The molecular formula is C15H16N4O2. The van der Waals surface area contributed by atoms with Gasteiger partial charge < -0.3 is 4.52 Å². The number of nitrogens with one attached hydrogen (secondary N) is 1. The van der Waals surface area contributed by atoms with Crippen LogP contribution in [0.25, 0.3) is 11.0 Å². The van der Waals surface area contributed by atoms with Gasteiger partial charge in [-0.2, -0.15) is 0 Å². The fraction of sp³-hybridized carbons (Fsp3) is 0.267. The average molecular weight is 284 g/mol. The summed E-state index contributed by atoms with van der Waals surface area (Å²) in [5.74, 6) is 0.700. The first kappa shape index (κ1) is 13.4. The summed E-state index contributed by atoms with van der Waals surface area (Å²) in [5, 5.41) is 3.89. The largest absolute Gasteiger partial charge is 0.361 e. The number of carbonyl (C=O) groups excluding carboxylic acids is 1. The summed E-state index contributed by atoms with van der Waals surface area (Å²) in [5.41, 5.74) is 6.40. The first-order valence-electron chi connectivity index (χ1n) is 6.79. The Morgan fingerprint density at radius 3 is 2.90 bits per heavy atom. The first-order valence-corrected chi connectivity index (χ1v) is 6.79. The molecule has 1 N–H and O–H groups in total. The van der Waals surface area contributed by atoms with Crippen molar-refractivity contribution in [1.82, 2.24) is 14.8 Å². The van der Waals surface area contributed by atoms with Gasteiger partial charge in [0, 0.05) is 12.0 Å². The predicted molar refractivity (Wildman–Crippen MR) is 78.4 cm³/mol. The summed E-state index contributed by atoms with van der Waals surface area (Å²) in [4.78, 5) is 16.3. The molecule has 0 aliphatic heterocycles. The third-order valence-corrected chi connectivity index (χ3v) is 3.48. The molecule has 0 radical (unpaired) electrons. The van der Waals surface area contributed by atoms with Crippen molar-refractivity contribution in [2.24, 2.45) is 0 Å². The summed E-state index contributed by atoms with van der Waals surface area (Å²) in [6, 6.07) is 7.65. The van der Waals surface area contributed by atoms with Gasteiger partial charge in [-0.1, -0.05) is 17.3 Å². The highest BCUT2D eigenvalue weighted by Gasteiger charge is 2.12. The fourth-order valence-electron chi connectivity index (χ4n) is 2.34. The summed E-state index contributed by atoms with van der Waals surface area (Å²) in [7, 11) is 0. The highest BCUT2D eigenvalue weighted by atomic mass is 16.5. The Morgan fingerprint density at radius 1 is 1.33 bits per heavy atom. The molecule has 21 heavy (non-hydrogen) atoms. The van der Waals surface area contributed by atoms with Crippen LogP contribution in [0.3, 0.4) is 0 Å². The molecule has 1 amide bonds. The Bertz CT molecular complexity index is 768. The van der Waals surface area contributed by atoms with E-state index in [1.807, 2.05) is 38.1 Å². The molecule has 0 bridgehead atoms. The number of carbonyl (C=O) groups is 1. The lowest BCUT2D eigenvalue weighted by atomic mass is 10.1. The van der Waals surface area contributed by atoms with Crippen LogP contribution in [-0.2, 0) is 11.2 Å². The number of aromatic nitrogens is 3. The maximum absolute atomic E-state index is 12.1. The van der Waals surface area contributed by atoms with E-state index < -0.39 is 0 Å². The third kappa shape index (κ3) is 2.65. The lowest BCUT2D eigenvalue weighted by molar-refractivity contribution is -0.117. The minimum absolute atomic E-state index is 0.0712. The van der Waals surface area contributed by atoms with Gasteiger partial charge in [0.2, 0.25) is 5.91 Å². The second-order valence-electron chi connectivity index (χ2n) is 4.94. The molecule has 0 spiro atoms. The molecule has 2 aromatic heterocycles. The highest BCUT2D eigenvalue weighted by Crippen LogP contribution is 2.14. The molecule has 0 aliphatic rings. The van der Waals surface area contributed by atoms with E-state index in [-0.39, 0.29) is 5.91 Å². The number of imidazole rings is 1. The van der Waals surface area contributed by atoms with Gasteiger partial charge in [0.15, 0.2) is 0 Å². The van der Waals surface area contributed by atoms with Crippen molar-refractivity contribution in [2.45, 2.75) is 26.7 Å². The number of benzene rings is 1. The van der Waals surface area contributed by atoms with Gasteiger partial charge >= 0.3 is 0 Å². The summed E-state index contributed by atoms with van der Waals surface area (Å²) in [6.07, 6.45) is 2.59. The van der Waals surface area contributed by atoms with Gasteiger partial charge in [-0.05, 0) is 32.4 Å². The standard InChI is InChI=1S/C15H16N4O2/c1-10-12(11(2)21-18-10)7-8-15(20)17-19-9-16-13-5-3-4-6-14(13)19/h3-6,9H,7-8H2,1-2H3,(H,17,20). The smallest absolute Gasteiger partial charge is 0.239 e. The van der Waals surface area contributed by atoms with Crippen LogP contribution < -0.4 is 5.43 Å². The number of nitrogens with zero attached hydrogens (tertiary/aromatic N) is 3. The minimum atomic E-state index is -0.0712. The van der Waals surface area contributed by atoms with Crippen LogP contribution in [0.15, 0.2) is 35.1 Å². The minimum Gasteiger partial charge on any atom is -0.361 e. The van der Waals surface area contributed by atoms with E-state index in [1.165, 1.54) is 0 Å². The molecule has 2 heterocycles. The van der Waals surface area contributed by atoms with Crippen molar-refractivity contribution >= 4 is 16.9 Å². The lowest BCUT2D eigenvalue weighted by Gasteiger charge is -2.06. The normalized spacial score (nSPS) is 11.0. The van der Waals surface area contributed by atoms with Crippen molar-refractivity contribution in [3.05, 3.63) is 47.6 Å². The molecule has 0 saturated carbocycles. The van der Waals surface area contributed by atoms with E-state index in [0.717, 1.165) is 28.1 Å². The van der Waals surface area contributed by atoms with Gasteiger partial charge in [0.25, 0.3) is 0 Å². The van der Waals surface area contributed by atoms with Crippen LogP contribution >= 0.6 is 0 Å². The fourth-order valence-corrected chi connectivity index (χ4v) is 2.34. The van der Waals surface area contributed by atoms with Crippen LogP contribution in [0.2, 0.25) is 0 Å². The zero-order valence-corrected chi connectivity index (χ0v) is 12.0. The van der Waals surface area contributed by atoms with E-state index in [4.69, 9.17) is 4.52 Å². The lowest BCUT2D eigenvalue weighted by Crippen LogP contribution is -2.22. The molecule has 0 atom stereocenters. The van der Waals surface area contributed by atoms with Crippen molar-refractivity contribution < 1.29 is 9.32 Å². The molecule has 3 aromatic rings. The number of para-hydroxylation sites is 2. The van der Waals surface area contributed by atoms with E-state index in [2.05, 4.69) is 15.6 Å². The van der Waals surface area contributed by atoms with Gasteiger partial charge in [0.1, 0.15) is 12.1 Å². The molecule has 108 valence electrons. The van der Waals surface area contributed by atoms with Crippen LogP contribution in [-0.4, -0.2) is 20.7 Å². The highest BCUT2D eigenvalue weighted by molar-refractivity contribution is 5.86. The molecule has 6 heteroatoms. The number of aryl methyl sites for hydroxylation is 2. The Labute approximate surface area is 121 Å². The second-order valence-corrected chi connectivity index (χ2v) is 4.94. The SMILES string of the molecule is Cc1noc(C)c1CCC(=O)Nn1cnc2ccccc21. The summed E-state index contributed by atoms with van der Waals surface area (Å²) < 4.78 is 6.74. The zero-order valence-electron chi connectivity index (χ0n) is 12.0. The zero-order chi connectivity index (χ0) is 14.8. The number of hydrogen-bond acceptors (Lipinski definition) is 4. The van der Waals surface area contributed by atoms with Crippen molar-refractivity contribution in [1.29, 1.82) is 0 Å². The summed E-state index contributed by atoms with van der Waals surface area (Å²) >= 11 is 0. The van der Waals surface area contributed by atoms with Gasteiger partial charge in [-0.3, -0.25) is 10.2 Å². The average Bonchev–Trinajstić information content (AvgIpc) is 3.02. The number of amides is 1. The topological polar surface area (TPSA) is 73.0 Å². The van der Waals surface area contributed by atoms with Crippen molar-refractivity contribution in [3.8, 4) is 0 Å². The third-order valence-electron chi connectivity index (χ3n) is 3.48.